The number of rotatable bonds is 6. The van der Waals surface area contributed by atoms with E-state index in [1.807, 2.05) is 35.4 Å². The highest BCUT2D eigenvalue weighted by Gasteiger charge is 2.48. The van der Waals surface area contributed by atoms with Crippen LogP contribution in [0.1, 0.15) is 61.7 Å². The highest BCUT2D eigenvalue weighted by molar-refractivity contribution is 6.03. The number of hydrogen-bond acceptors (Lipinski definition) is 5. The van der Waals surface area contributed by atoms with Crippen molar-refractivity contribution in [3.8, 4) is 0 Å². The highest BCUT2D eigenvalue weighted by atomic mass is 16.3. The smallest absolute Gasteiger partial charge is 0.271 e. The molecule has 4 heterocycles. The van der Waals surface area contributed by atoms with Gasteiger partial charge < -0.3 is 29.0 Å². The van der Waals surface area contributed by atoms with Gasteiger partial charge in [0.25, 0.3) is 5.91 Å². The summed E-state index contributed by atoms with van der Waals surface area (Å²) in [5.41, 5.74) is 1.31. The molecule has 2 aliphatic heterocycles. The van der Waals surface area contributed by atoms with E-state index < -0.39 is 5.54 Å². The van der Waals surface area contributed by atoms with Crippen LogP contribution in [-0.4, -0.2) is 89.0 Å². The third kappa shape index (κ3) is 4.38. The quantitative estimate of drug-likeness (QED) is 0.704. The van der Waals surface area contributed by atoms with E-state index in [1.165, 1.54) is 6.42 Å². The molecule has 0 radical (unpaired) electrons. The zero-order valence-corrected chi connectivity index (χ0v) is 20.9. The Labute approximate surface area is 202 Å². The van der Waals surface area contributed by atoms with Crippen LogP contribution in [0.5, 0.6) is 0 Å². The summed E-state index contributed by atoms with van der Waals surface area (Å²) in [5.74, 6) is 0.714. The van der Waals surface area contributed by atoms with Crippen LogP contribution in [0.4, 0.5) is 0 Å². The molecule has 0 bridgehead atoms. The second-order valence-electron chi connectivity index (χ2n) is 10.8. The minimum absolute atomic E-state index is 0.0277. The topological polar surface area (TPSA) is 74.0 Å². The average molecular weight is 470 g/mol. The van der Waals surface area contributed by atoms with Crippen molar-refractivity contribution in [2.45, 2.75) is 70.5 Å². The van der Waals surface area contributed by atoms with Gasteiger partial charge in [0.05, 0.1) is 12.1 Å². The number of carbonyl (C=O) groups is 2. The third-order valence-electron chi connectivity index (χ3n) is 8.12. The number of likely N-dealkylation sites (N-methyl/N-ethyl adjacent to an activating group) is 1. The zero-order chi connectivity index (χ0) is 23.9. The lowest BCUT2D eigenvalue weighted by Gasteiger charge is -2.45. The fourth-order valence-corrected chi connectivity index (χ4v) is 5.92. The van der Waals surface area contributed by atoms with Gasteiger partial charge in [-0.05, 0) is 46.7 Å². The number of hydrogen-bond donors (Lipinski definition) is 1. The van der Waals surface area contributed by atoms with Crippen molar-refractivity contribution in [2.24, 2.45) is 0 Å². The fraction of sp³-hybridized carbons (Fsp3) is 0.692. The Morgan fingerprint density at radius 3 is 2.59 bits per heavy atom. The number of carbonyl (C=O) groups excluding carboxylic acids is 2. The van der Waals surface area contributed by atoms with E-state index in [0.29, 0.717) is 18.8 Å². The SMILES string of the molecule is Cc1cc2c(cc3n2C[C@@](C)(C(=O)NC2CCCCC2)N(CCCN2CCN(C)CC2)C3=O)o1. The number of aromatic nitrogens is 1. The Morgan fingerprint density at radius 1 is 1.12 bits per heavy atom. The molecule has 0 unspecified atom stereocenters. The lowest BCUT2D eigenvalue weighted by molar-refractivity contribution is -0.133. The van der Waals surface area contributed by atoms with Crippen molar-refractivity contribution in [3.05, 3.63) is 23.6 Å². The number of furan rings is 1. The van der Waals surface area contributed by atoms with E-state index >= 15 is 0 Å². The molecule has 1 saturated heterocycles. The molecule has 1 saturated carbocycles. The van der Waals surface area contributed by atoms with Gasteiger partial charge in [0.1, 0.15) is 17.0 Å². The van der Waals surface area contributed by atoms with E-state index in [1.54, 1.807) is 0 Å². The van der Waals surface area contributed by atoms with Crippen LogP contribution in [0.3, 0.4) is 0 Å². The van der Waals surface area contributed by atoms with Gasteiger partial charge in [0.2, 0.25) is 5.91 Å². The van der Waals surface area contributed by atoms with E-state index in [-0.39, 0.29) is 17.9 Å². The molecule has 5 rings (SSSR count). The first-order valence-electron chi connectivity index (χ1n) is 13.0. The van der Waals surface area contributed by atoms with Gasteiger partial charge in [0, 0.05) is 50.9 Å². The van der Waals surface area contributed by atoms with Crippen LogP contribution in [0.25, 0.3) is 11.1 Å². The van der Waals surface area contributed by atoms with Crippen molar-refractivity contribution < 1.29 is 14.0 Å². The Hall–Kier alpha value is -2.32. The molecule has 2 aromatic heterocycles. The van der Waals surface area contributed by atoms with Crippen molar-refractivity contribution in [1.82, 2.24) is 24.6 Å². The summed E-state index contributed by atoms with van der Waals surface area (Å²) in [6.07, 6.45) is 6.47. The minimum atomic E-state index is -0.930. The van der Waals surface area contributed by atoms with Crippen LogP contribution in [0, 0.1) is 6.92 Å². The molecule has 186 valence electrons. The molecule has 0 spiro atoms. The number of piperazine rings is 1. The van der Waals surface area contributed by atoms with Gasteiger partial charge >= 0.3 is 0 Å². The van der Waals surface area contributed by atoms with Crippen molar-refractivity contribution in [1.29, 1.82) is 0 Å². The molecule has 8 heteroatoms. The Balaban J connectivity index is 1.38. The van der Waals surface area contributed by atoms with Gasteiger partial charge in [-0.2, -0.15) is 0 Å². The molecule has 0 aromatic carbocycles. The largest absolute Gasteiger partial charge is 0.460 e. The molecule has 1 atom stereocenters. The van der Waals surface area contributed by atoms with Crippen molar-refractivity contribution >= 4 is 22.9 Å². The minimum Gasteiger partial charge on any atom is -0.460 e. The monoisotopic (exact) mass is 469 g/mol. The first kappa shape index (κ1) is 23.4. The predicted octanol–water partition coefficient (Wildman–Crippen LogP) is 2.84. The molecule has 2 amide bonds. The molecule has 3 aliphatic rings. The van der Waals surface area contributed by atoms with E-state index in [0.717, 1.165) is 81.7 Å². The lowest BCUT2D eigenvalue weighted by Crippen LogP contribution is -2.65. The van der Waals surface area contributed by atoms with E-state index in [2.05, 4.69) is 22.2 Å². The molecule has 2 aromatic rings. The Kier molecular flexibility index (Phi) is 6.46. The van der Waals surface area contributed by atoms with Crippen LogP contribution in [0.2, 0.25) is 0 Å². The number of fused-ring (bicyclic) bond motifs is 3. The summed E-state index contributed by atoms with van der Waals surface area (Å²) in [4.78, 5) is 34.2. The molecular formula is C26H39N5O3. The van der Waals surface area contributed by atoms with Gasteiger partial charge in [-0.3, -0.25) is 9.59 Å². The maximum atomic E-state index is 13.8. The normalized spacial score (nSPS) is 25.1. The Morgan fingerprint density at radius 2 is 1.85 bits per heavy atom. The molecule has 8 nitrogen and oxygen atoms in total. The first-order chi connectivity index (χ1) is 16.3. The van der Waals surface area contributed by atoms with Crippen LogP contribution in [-0.2, 0) is 11.3 Å². The summed E-state index contributed by atoms with van der Waals surface area (Å²) in [6, 6.07) is 4.02. The second-order valence-corrected chi connectivity index (χ2v) is 10.8. The molecule has 2 fully saturated rings. The Bertz CT molecular complexity index is 1040. The average Bonchev–Trinajstić information content (AvgIpc) is 3.34. The third-order valence-corrected chi connectivity index (χ3v) is 8.12. The fourth-order valence-electron chi connectivity index (χ4n) is 5.92. The number of nitrogens with zero attached hydrogens (tertiary/aromatic N) is 4. The number of aryl methyl sites for hydroxylation is 1. The molecular weight excluding hydrogens is 430 g/mol. The molecule has 1 N–H and O–H groups in total. The summed E-state index contributed by atoms with van der Waals surface area (Å²) in [7, 11) is 2.16. The number of nitrogens with one attached hydrogen (secondary N) is 1. The summed E-state index contributed by atoms with van der Waals surface area (Å²) >= 11 is 0. The zero-order valence-electron chi connectivity index (χ0n) is 20.9. The molecule has 34 heavy (non-hydrogen) atoms. The van der Waals surface area contributed by atoms with Crippen molar-refractivity contribution in [2.75, 3.05) is 46.3 Å². The van der Waals surface area contributed by atoms with Gasteiger partial charge in [-0.15, -0.1) is 0 Å². The maximum Gasteiger partial charge on any atom is 0.271 e. The van der Waals surface area contributed by atoms with Crippen LogP contribution >= 0.6 is 0 Å². The first-order valence-corrected chi connectivity index (χ1v) is 13.0. The maximum absolute atomic E-state index is 13.8. The van der Waals surface area contributed by atoms with Gasteiger partial charge in [-0.1, -0.05) is 19.3 Å². The summed E-state index contributed by atoms with van der Waals surface area (Å²) in [5, 5.41) is 3.32. The summed E-state index contributed by atoms with van der Waals surface area (Å²) in [6.45, 7) is 10.1. The van der Waals surface area contributed by atoms with E-state index in [9.17, 15) is 9.59 Å². The van der Waals surface area contributed by atoms with E-state index in [4.69, 9.17) is 4.42 Å². The van der Waals surface area contributed by atoms with Crippen LogP contribution in [0.15, 0.2) is 16.5 Å². The van der Waals surface area contributed by atoms with Crippen molar-refractivity contribution in [3.63, 3.8) is 0 Å². The second kappa shape index (κ2) is 9.38. The van der Waals surface area contributed by atoms with Gasteiger partial charge in [-0.25, -0.2) is 0 Å². The predicted molar refractivity (Wildman–Crippen MR) is 132 cm³/mol. The number of amides is 2. The van der Waals surface area contributed by atoms with Gasteiger partial charge in [0.15, 0.2) is 5.58 Å². The summed E-state index contributed by atoms with van der Waals surface area (Å²) < 4.78 is 7.81. The standard InChI is InChI=1S/C26H39N5O3/c1-19-16-21-23(34-19)17-22-24(32)31(11-7-10-29-14-12-28(3)13-15-29)26(2,18-30(21)22)25(33)27-20-8-5-4-6-9-20/h16-17,20H,4-15,18H2,1-3H3,(H,27,33)/t26-/m0/s1. The van der Waals surface area contributed by atoms with Crippen LogP contribution < -0.4 is 5.32 Å². The molecule has 1 aliphatic carbocycles. The highest BCUT2D eigenvalue weighted by Crippen LogP contribution is 2.34. The lowest BCUT2D eigenvalue weighted by atomic mass is 9.91.